The summed E-state index contributed by atoms with van der Waals surface area (Å²) < 4.78 is 0. The molecule has 1 aliphatic rings. The van der Waals surface area contributed by atoms with E-state index in [0.29, 0.717) is 11.7 Å². The predicted octanol–water partition coefficient (Wildman–Crippen LogP) is 2.72. The zero-order chi connectivity index (χ0) is 11.3. The first-order valence-electron chi connectivity index (χ1n) is 6.34. The van der Waals surface area contributed by atoms with Gasteiger partial charge >= 0.3 is 0 Å². The number of Topliss-reactive ketones (excluding diaryl/α,β-unsaturated/α-hetero) is 1. The van der Waals surface area contributed by atoms with Crippen LogP contribution < -0.4 is 0 Å². The zero-order valence-electron chi connectivity index (χ0n) is 10.5. The smallest absolute Gasteiger partial charge is 0.137 e. The molecule has 0 N–H and O–H groups in total. The largest absolute Gasteiger partial charge is 0.306 e. The van der Waals surface area contributed by atoms with Gasteiger partial charge in [0.2, 0.25) is 0 Å². The summed E-state index contributed by atoms with van der Waals surface area (Å²) in [6.45, 7) is 6.59. The molecule has 1 aliphatic carbocycles. The lowest BCUT2D eigenvalue weighted by Crippen LogP contribution is -2.34. The molecule has 2 unspecified atom stereocenters. The number of carbonyl (C=O) groups excluding carboxylic acids is 1. The lowest BCUT2D eigenvalue weighted by molar-refractivity contribution is -0.126. The molecule has 2 heteroatoms. The zero-order valence-corrected chi connectivity index (χ0v) is 10.5. The van der Waals surface area contributed by atoms with Crippen molar-refractivity contribution in [3.8, 4) is 0 Å². The third kappa shape index (κ3) is 4.33. The van der Waals surface area contributed by atoms with Crippen LogP contribution in [0.3, 0.4) is 0 Å². The highest BCUT2D eigenvalue weighted by atomic mass is 16.1. The molecule has 0 radical (unpaired) electrons. The molecule has 2 nitrogen and oxygen atoms in total. The Morgan fingerprint density at radius 1 is 1.47 bits per heavy atom. The van der Waals surface area contributed by atoms with Crippen LogP contribution in [0.1, 0.15) is 46.0 Å². The number of rotatable bonds is 5. The minimum absolute atomic E-state index is 0.315. The van der Waals surface area contributed by atoms with E-state index < -0.39 is 0 Å². The fourth-order valence-corrected chi connectivity index (χ4v) is 2.40. The summed E-state index contributed by atoms with van der Waals surface area (Å²) in [5, 5.41) is 0. The Kier molecular flexibility index (Phi) is 5.30. The fraction of sp³-hybridized carbons (Fsp3) is 0.923. The highest BCUT2D eigenvalue weighted by molar-refractivity contribution is 5.81. The first-order valence-corrected chi connectivity index (χ1v) is 6.34. The summed E-state index contributed by atoms with van der Waals surface area (Å²) in [5.74, 6) is 1.55. The van der Waals surface area contributed by atoms with Crippen molar-refractivity contribution >= 4 is 5.78 Å². The van der Waals surface area contributed by atoms with Gasteiger partial charge in [-0.15, -0.1) is 0 Å². The normalized spacial score (nSPS) is 27.3. The van der Waals surface area contributed by atoms with Gasteiger partial charge in [0.25, 0.3) is 0 Å². The van der Waals surface area contributed by atoms with Crippen molar-refractivity contribution in [1.29, 1.82) is 0 Å². The van der Waals surface area contributed by atoms with Crippen LogP contribution in [0.25, 0.3) is 0 Å². The van der Waals surface area contributed by atoms with E-state index in [4.69, 9.17) is 0 Å². The Hall–Kier alpha value is -0.370. The maximum absolute atomic E-state index is 11.7. The van der Waals surface area contributed by atoms with Gasteiger partial charge in [-0.2, -0.15) is 0 Å². The summed E-state index contributed by atoms with van der Waals surface area (Å²) >= 11 is 0. The average molecular weight is 211 g/mol. The molecule has 0 aliphatic heterocycles. The number of hydrogen-bond acceptors (Lipinski definition) is 2. The Morgan fingerprint density at radius 2 is 2.20 bits per heavy atom. The van der Waals surface area contributed by atoms with Gasteiger partial charge in [-0.1, -0.05) is 20.3 Å². The highest BCUT2D eigenvalue weighted by Crippen LogP contribution is 2.26. The minimum atomic E-state index is 0.315. The quantitative estimate of drug-likeness (QED) is 0.697. The van der Waals surface area contributed by atoms with E-state index in [1.54, 1.807) is 0 Å². The molecular weight excluding hydrogens is 186 g/mol. The van der Waals surface area contributed by atoms with Crippen LogP contribution in [-0.2, 0) is 4.79 Å². The van der Waals surface area contributed by atoms with E-state index in [1.165, 1.54) is 12.8 Å². The molecule has 1 rings (SSSR count). The van der Waals surface area contributed by atoms with Crippen molar-refractivity contribution < 1.29 is 4.79 Å². The molecule has 0 saturated heterocycles. The van der Waals surface area contributed by atoms with Gasteiger partial charge in [-0.05, 0) is 38.8 Å². The second-order valence-electron chi connectivity index (χ2n) is 5.16. The van der Waals surface area contributed by atoms with Crippen LogP contribution in [0, 0.1) is 11.8 Å². The summed E-state index contributed by atoms with van der Waals surface area (Å²) in [6, 6.07) is 0. The summed E-state index contributed by atoms with van der Waals surface area (Å²) in [4.78, 5) is 14.0. The van der Waals surface area contributed by atoms with E-state index in [0.717, 1.165) is 38.3 Å². The molecule has 0 aromatic rings. The van der Waals surface area contributed by atoms with E-state index in [2.05, 4.69) is 25.8 Å². The van der Waals surface area contributed by atoms with Crippen LogP contribution in [0.2, 0.25) is 0 Å². The maximum atomic E-state index is 11.7. The third-order valence-corrected chi connectivity index (χ3v) is 3.45. The van der Waals surface area contributed by atoms with E-state index in [1.807, 2.05) is 0 Å². The first kappa shape index (κ1) is 12.7. The third-order valence-electron chi connectivity index (χ3n) is 3.45. The van der Waals surface area contributed by atoms with Crippen molar-refractivity contribution in [2.75, 3.05) is 20.1 Å². The van der Waals surface area contributed by atoms with Gasteiger partial charge in [-0.3, -0.25) is 4.79 Å². The Bertz CT molecular complexity index is 203. The van der Waals surface area contributed by atoms with E-state index in [-0.39, 0.29) is 0 Å². The average Bonchev–Trinajstić information content (AvgIpc) is 2.20. The molecule has 1 saturated carbocycles. The Morgan fingerprint density at radius 3 is 2.87 bits per heavy atom. The molecule has 0 spiro atoms. The van der Waals surface area contributed by atoms with Crippen molar-refractivity contribution in [2.45, 2.75) is 46.0 Å². The van der Waals surface area contributed by atoms with Gasteiger partial charge < -0.3 is 4.90 Å². The maximum Gasteiger partial charge on any atom is 0.137 e. The standard InChI is InChI=1S/C13H25NO/c1-4-5-8-14(3)10-12-9-11(2)6-7-13(12)15/h11-12H,4-10H2,1-3H3. The second kappa shape index (κ2) is 6.26. The monoisotopic (exact) mass is 211 g/mol. The highest BCUT2D eigenvalue weighted by Gasteiger charge is 2.26. The minimum Gasteiger partial charge on any atom is -0.306 e. The number of carbonyl (C=O) groups is 1. The molecule has 2 atom stereocenters. The number of ketones is 1. The molecular formula is C13H25NO. The van der Waals surface area contributed by atoms with Crippen molar-refractivity contribution in [3.63, 3.8) is 0 Å². The van der Waals surface area contributed by atoms with Gasteiger partial charge in [0.1, 0.15) is 5.78 Å². The molecule has 0 aromatic carbocycles. The lowest BCUT2D eigenvalue weighted by Gasteiger charge is -2.29. The summed E-state index contributed by atoms with van der Waals surface area (Å²) in [5.41, 5.74) is 0. The van der Waals surface area contributed by atoms with Gasteiger partial charge in [0.05, 0.1) is 0 Å². The number of nitrogens with zero attached hydrogens (tertiary/aromatic N) is 1. The molecule has 15 heavy (non-hydrogen) atoms. The molecule has 88 valence electrons. The topological polar surface area (TPSA) is 20.3 Å². The Labute approximate surface area is 94.0 Å². The molecule has 1 fully saturated rings. The van der Waals surface area contributed by atoms with Gasteiger partial charge in [-0.25, -0.2) is 0 Å². The van der Waals surface area contributed by atoms with E-state index >= 15 is 0 Å². The fourth-order valence-electron chi connectivity index (χ4n) is 2.40. The van der Waals surface area contributed by atoms with Crippen LogP contribution >= 0.6 is 0 Å². The van der Waals surface area contributed by atoms with Gasteiger partial charge in [0.15, 0.2) is 0 Å². The van der Waals surface area contributed by atoms with Crippen LogP contribution in [0.4, 0.5) is 0 Å². The van der Waals surface area contributed by atoms with Crippen molar-refractivity contribution in [3.05, 3.63) is 0 Å². The second-order valence-corrected chi connectivity index (χ2v) is 5.16. The SMILES string of the molecule is CCCCN(C)CC1CC(C)CCC1=O. The summed E-state index contributed by atoms with van der Waals surface area (Å²) in [6.07, 6.45) is 5.50. The summed E-state index contributed by atoms with van der Waals surface area (Å²) in [7, 11) is 2.14. The molecule has 0 amide bonds. The van der Waals surface area contributed by atoms with Crippen LogP contribution in [0.15, 0.2) is 0 Å². The Balaban J connectivity index is 2.31. The lowest BCUT2D eigenvalue weighted by atomic mass is 9.81. The van der Waals surface area contributed by atoms with Gasteiger partial charge in [0, 0.05) is 18.9 Å². The van der Waals surface area contributed by atoms with E-state index in [9.17, 15) is 4.79 Å². The van der Waals surface area contributed by atoms with Crippen LogP contribution in [-0.4, -0.2) is 30.8 Å². The van der Waals surface area contributed by atoms with Crippen molar-refractivity contribution in [1.82, 2.24) is 4.90 Å². The first-order chi connectivity index (χ1) is 7.13. The molecule has 0 heterocycles. The number of hydrogen-bond donors (Lipinski definition) is 0. The molecule has 0 aromatic heterocycles. The van der Waals surface area contributed by atoms with Crippen molar-refractivity contribution in [2.24, 2.45) is 11.8 Å². The number of unbranched alkanes of at least 4 members (excludes halogenated alkanes) is 1. The predicted molar refractivity (Wildman–Crippen MR) is 63.9 cm³/mol. The molecule has 0 bridgehead atoms. The van der Waals surface area contributed by atoms with Crippen LogP contribution in [0.5, 0.6) is 0 Å².